The maximum absolute atomic E-state index is 10.7. The van der Waals surface area contributed by atoms with E-state index in [-0.39, 0.29) is 0 Å². The van der Waals surface area contributed by atoms with Gasteiger partial charge in [-0.2, -0.15) is 8.42 Å². The molecule has 0 fully saturated rings. The third-order valence-corrected chi connectivity index (χ3v) is 1.96. The van der Waals surface area contributed by atoms with Crippen molar-refractivity contribution in [2.45, 2.75) is 6.29 Å². The number of carbonyl (C=O) groups is 1. The van der Waals surface area contributed by atoms with Crippen LogP contribution in [0.4, 0.5) is 4.79 Å². The summed E-state index contributed by atoms with van der Waals surface area (Å²) < 4.78 is 30.3. The van der Waals surface area contributed by atoms with Gasteiger partial charge in [0.25, 0.3) is 0 Å². The minimum Gasteiger partial charge on any atom is -0.414 e. The van der Waals surface area contributed by atoms with Gasteiger partial charge in [-0.05, 0) is 0 Å². The van der Waals surface area contributed by atoms with Crippen LogP contribution < -0.4 is 10.9 Å². The Bertz CT molecular complexity index is 459. The van der Waals surface area contributed by atoms with E-state index in [0.29, 0.717) is 5.56 Å². The molecule has 0 radical (unpaired) electrons. The summed E-state index contributed by atoms with van der Waals surface area (Å²) in [4.78, 5) is 10.6. The maximum atomic E-state index is 10.7. The molecule has 1 unspecified atom stereocenters. The molecular formula is C8H10N2O5S. The van der Waals surface area contributed by atoms with E-state index in [1.54, 1.807) is 18.2 Å². The van der Waals surface area contributed by atoms with Gasteiger partial charge in [0.2, 0.25) is 6.29 Å². The number of amides is 1. The van der Waals surface area contributed by atoms with Crippen LogP contribution in [-0.4, -0.2) is 14.5 Å². The van der Waals surface area contributed by atoms with Gasteiger partial charge in [0.1, 0.15) is 0 Å². The summed E-state index contributed by atoms with van der Waals surface area (Å²) in [6, 6.07) is 7.91. The summed E-state index contributed by atoms with van der Waals surface area (Å²) in [5.74, 6) is 0. The SMILES string of the molecule is NC(=O)OC(OS(N)(=O)=O)c1ccccc1. The second kappa shape index (κ2) is 4.92. The number of nitrogens with two attached hydrogens (primary N) is 2. The lowest BCUT2D eigenvalue weighted by Crippen LogP contribution is -2.25. The zero-order valence-corrected chi connectivity index (χ0v) is 8.88. The Kier molecular flexibility index (Phi) is 3.82. The van der Waals surface area contributed by atoms with E-state index in [9.17, 15) is 13.2 Å². The van der Waals surface area contributed by atoms with Gasteiger partial charge in [-0.15, -0.1) is 0 Å². The van der Waals surface area contributed by atoms with Crippen LogP contribution in [0.1, 0.15) is 11.9 Å². The van der Waals surface area contributed by atoms with E-state index in [1.807, 2.05) is 0 Å². The van der Waals surface area contributed by atoms with Crippen LogP contribution in [0.5, 0.6) is 0 Å². The molecule has 8 heteroatoms. The molecule has 0 aromatic heterocycles. The van der Waals surface area contributed by atoms with E-state index in [0.717, 1.165) is 0 Å². The molecule has 0 bridgehead atoms. The Morgan fingerprint density at radius 3 is 2.25 bits per heavy atom. The highest BCUT2D eigenvalue weighted by molar-refractivity contribution is 7.84. The van der Waals surface area contributed by atoms with Crippen LogP contribution in [0.2, 0.25) is 0 Å². The maximum Gasteiger partial charge on any atom is 0.407 e. The van der Waals surface area contributed by atoms with Crippen molar-refractivity contribution in [3.8, 4) is 0 Å². The molecule has 0 aliphatic rings. The monoisotopic (exact) mass is 246 g/mol. The number of carbonyl (C=O) groups excluding carboxylic acids is 1. The molecular weight excluding hydrogens is 236 g/mol. The Labute approximate surface area is 92.2 Å². The highest BCUT2D eigenvalue weighted by atomic mass is 32.2. The van der Waals surface area contributed by atoms with Crippen LogP contribution in [-0.2, 0) is 19.2 Å². The third-order valence-electron chi connectivity index (χ3n) is 1.52. The fourth-order valence-electron chi connectivity index (χ4n) is 0.981. The Balaban J connectivity index is 2.92. The lowest BCUT2D eigenvalue weighted by atomic mass is 10.2. The van der Waals surface area contributed by atoms with Gasteiger partial charge < -0.3 is 10.5 Å². The zero-order chi connectivity index (χ0) is 12.2. The molecule has 1 aromatic carbocycles. The van der Waals surface area contributed by atoms with Crippen molar-refractivity contribution in [3.63, 3.8) is 0 Å². The normalized spacial score (nSPS) is 13.1. The van der Waals surface area contributed by atoms with E-state index >= 15 is 0 Å². The smallest absolute Gasteiger partial charge is 0.407 e. The van der Waals surface area contributed by atoms with Crippen LogP contribution in [0, 0.1) is 0 Å². The van der Waals surface area contributed by atoms with Crippen LogP contribution in [0.15, 0.2) is 30.3 Å². The third kappa shape index (κ3) is 4.26. The lowest BCUT2D eigenvalue weighted by molar-refractivity contribution is -0.0260. The number of hydrogen-bond donors (Lipinski definition) is 2. The summed E-state index contributed by atoms with van der Waals surface area (Å²) in [6.07, 6.45) is -2.65. The van der Waals surface area contributed by atoms with Gasteiger partial charge in [0.15, 0.2) is 0 Å². The standard InChI is InChI=1S/C8H10N2O5S/c9-8(11)14-7(15-16(10,12)13)6-4-2-1-3-5-6/h1-5,7H,(H2,9,11)(H2,10,12,13). The fourth-order valence-corrected chi connectivity index (χ4v) is 1.37. The molecule has 88 valence electrons. The second-order valence-electron chi connectivity index (χ2n) is 2.77. The fraction of sp³-hybridized carbons (Fsp3) is 0.125. The summed E-state index contributed by atoms with van der Waals surface area (Å²) in [5.41, 5.74) is 5.07. The van der Waals surface area contributed by atoms with E-state index in [1.165, 1.54) is 12.1 Å². The molecule has 16 heavy (non-hydrogen) atoms. The van der Waals surface area contributed by atoms with E-state index < -0.39 is 22.7 Å². The zero-order valence-electron chi connectivity index (χ0n) is 8.07. The molecule has 1 atom stereocenters. The number of benzene rings is 1. The molecule has 1 amide bonds. The van der Waals surface area contributed by atoms with Gasteiger partial charge in [-0.3, -0.25) is 0 Å². The minimum absolute atomic E-state index is 0.301. The highest BCUT2D eigenvalue weighted by Gasteiger charge is 2.21. The van der Waals surface area contributed by atoms with Gasteiger partial charge in [0.05, 0.1) is 0 Å². The minimum atomic E-state index is -4.25. The molecule has 0 saturated carbocycles. The lowest BCUT2D eigenvalue weighted by Gasteiger charge is -2.15. The average molecular weight is 246 g/mol. The summed E-state index contributed by atoms with van der Waals surface area (Å²) in [6.45, 7) is 0. The van der Waals surface area contributed by atoms with Crippen molar-refractivity contribution >= 4 is 16.4 Å². The molecule has 1 rings (SSSR count). The number of hydrogen-bond acceptors (Lipinski definition) is 5. The molecule has 4 N–H and O–H groups in total. The Hall–Kier alpha value is -1.64. The number of rotatable bonds is 4. The van der Waals surface area contributed by atoms with E-state index in [2.05, 4.69) is 14.1 Å². The van der Waals surface area contributed by atoms with Gasteiger partial charge in [-0.1, -0.05) is 30.3 Å². The molecule has 0 saturated heterocycles. The first-order chi connectivity index (χ1) is 7.38. The van der Waals surface area contributed by atoms with Crippen molar-refractivity contribution in [1.29, 1.82) is 0 Å². The van der Waals surface area contributed by atoms with Crippen molar-refractivity contribution in [3.05, 3.63) is 35.9 Å². The summed E-state index contributed by atoms with van der Waals surface area (Å²) >= 11 is 0. The van der Waals surface area contributed by atoms with Gasteiger partial charge in [-0.25, -0.2) is 14.1 Å². The van der Waals surface area contributed by atoms with Gasteiger partial charge in [0, 0.05) is 5.56 Å². The first-order valence-corrected chi connectivity index (χ1v) is 5.57. The predicted molar refractivity (Wildman–Crippen MR) is 54.0 cm³/mol. The Morgan fingerprint density at radius 2 is 1.81 bits per heavy atom. The average Bonchev–Trinajstić information content (AvgIpc) is 2.15. The summed E-state index contributed by atoms with van der Waals surface area (Å²) in [5, 5.41) is 4.67. The first kappa shape index (κ1) is 12.4. The van der Waals surface area contributed by atoms with Crippen LogP contribution in [0.25, 0.3) is 0 Å². The number of ether oxygens (including phenoxy) is 1. The van der Waals surface area contributed by atoms with Crippen molar-refractivity contribution in [2.75, 3.05) is 0 Å². The van der Waals surface area contributed by atoms with E-state index in [4.69, 9.17) is 5.73 Å². The number of primary amides is 1. The van der Waals surface area contributed by atoms with Crippen molar-refractivity contribution in [2.24, 2.45) is 10.9 Å². The molecule has 0 spiro atoms. The topological polar surface area (TPSA) is 122 Å². The largest absolute Gasteiger partial charge is 0.414 e. The van der Waals surface area contributed by atoms with Crippen LogP contribution >= 0.6 is 0 Å². The van der Waals surface area contributed by atoms with Gasteiger partial charge >= 0.3 is 16.4 Å². The molecule has 0 heterocycles. The highest BCUT2D eigenvalue weighted by Crippen LogP contribution is 2.19. The molecule has 7 nitrogen and oxygen atoms in total. The molecule has 1 aromatic rings. The Morgan fingerprint density at radius 1 is 1.25 bits per heavy atom. The van der Waals surface area contributed by atoms with Crippen molar-refractivity contribution < 1.29 is 22.1 Å². The predicted octanol–water partition coefficient (Wildman–Crippen LogP) is 0.000600. The first-order valence-electron chi connectivity index (χ1n) is 4.10. The molecule has 0 aliphatic carbocycles. The second-order valence-corrected chi connectivity index (χ2v) is 3.95. The van der Waals surface area contributed by atoms with Crippen molar-refractivity contribution in [1.82, 2.24) is 0 Å². The molecule has 0 aliphatic heterocycles. The summed E-state index contributed by atoms with van der Waals surface area (Å²) in [7, 11) is -4.25. The van der Waals surface area contributed by atoms with Crippen LogP contribution in [0.3, 0.4) is 0 Å². The quantitative estimate of drug-likeness (QED) is 0.724.